The first-order valence-electron chi connectivity index (χ1n) is 18.4. The molecule has 5 atom stereocenters. The van der Waals surface area contributed by atoms with Crippen molar-refractivity contribution in [1.82, 2.24) is 37.2 Å². The second-order valence-corrected chi connectivity index (χ2v) is 13.9. The molecular weight excluding hydrogens is 770 g/mol. The zero-order chi connectivity index (χ0) is 44.2. The van der Waals surface area contributed by atoms with E-state index in [-0.39, 0.29) is 17.9 Å². The summed E-state index contributed by atoms with van der Waals surface area (Å²) >= 11 is 0. The molecule has 2 aromatic rings. The van der Waals surface area contributed by atoms with Gasteiger partial charge in [-0.3, -0.25) is 43.2 Å². The maximum atomic E-state index is 13.7. The normalized spacial score (nSPS) is 13.5. The van der Waals surface area contributed by atoms with E-state index in [1.54, 1.807) is 76.2 Å². The Morgan fingerprint density at radius 1 is 0.593 bits per heavy atom. The van der Waals surface area contributed by atoms with E-state index < -0.39 is 115 Å². The molecule has 12 N–H and O–H groups in total. The van der Waals surface area contributed by atoms with Crippen LogP contribution in [-0.2, 0) is 54.4 Å². The number of hydrogen-bond donors (Lipinski definition) is 10. The lowest BCUT2D eigenvalue weighted by Gasteiger charge is -2.28. The molecular formula is C39H51N9O11. The molecule has 20 heteroatoms. The third-order valence-corrected chi connectivity index (χ3v) is 8.41. The highest BCUT2D eigenvalue weighted by molar-refractivity contribution is 6.01. The fraction of sp³-hybridized carbons (Fsp3) is 0.385. The predicted octanol–water partition coefficient (Wildman–Crippen LogP) is -2.43. The number of carbonyl (C=O) groups is 10. The lowest BCUT2D eigenvalue weighted by atomic mass is 9.98. The van der Waals surface area contributed by atoms with Crippen molar-refractivity contribution in [1.29, 1.82) is 0 Å². The monoisotopic (exact) mass is 821 g/mol. The molecule has 20 nitrogen and oxygen atoms in total. The van der Waals surface area contributed by atoms with Crippen molar-refractivity contribution in [3.63, 3.8) is 0 Å². The number of carbonyl (C=O) groups excluding carboxylic acids is 9. The van der Waals surface area contributed by atoms with Crippen LogP contribution >= 0.6 is 0 Å². The first kappa shape index (κ1) is 48.0. The first-order chi connectivity index (χ1) is 27.8. The van der Waals surface area contributed by atoms with E-state index >= 15 is 0 Å². The Balaban J connectivity index is 2.04. The van der Waals surface area contributed by atoms with Crippen molar-refractivity contribution in [3.8, 4) is 0 Å². The standard InChI is InChI=1S/C39H51N9O11/c1-21(2)32(35(41)54)46-37(56)33(22(3)4)47-38(57)34(24-13-9-6-10-14-24)48-36(55)25(18-27(40)49)44-29(51)16-15-28(50)42-19-30(52)43-20-31(53)45-26(39(58)59)17-23-11-7-5-8-12-23/h5-16,21-22,25-26,32-34H,17-20H2,1-4H3,(H2,40,49)(H2,41,54)(H,42,50)(H,43,52)(H,44,51)(H,45,53)(H,46,56)(H,47,57)(H,48,55)(H,58,59). The minimum atomic E-state index is -1.65. The molecule has 0 aromatic heterocycles. The van der Waals surface area contributed by atoms with Gasteiger partial charge in [-0.1, -0.05) is 88.4 Å². The molecule has 0 aliphatic carbocycles. The van der Waals surface area contributed by atoms with Crippen LogP contribution in [0.3, 0.4) is 0 Å². The van der Waals surface area contributed by atoms with E-state index in [1.807, 2.05) is 0 Å². The molecule has 0 saturated carbocycles. The SMILES string of the molecule is CC(C)C(NC(=O)C(NC(=O)C(NC(=O)C(CC(N)=O)NC(=O)C=CC(=O)NCC(=O)NCC(=O)NC(Cc1ccccc1)C(=O)O)c1ccccc1)C(C)C)C(N)=O. The topological polar surface area (TPSA) is 327 Å². The average Bonchev–Trinajstić information content (AvgIpc) is 3.17. The van der Waals surface area contributed by atoms with Crippen LogP contribution in [0.5, 0.6) is 0 Å². The van der Waals surface area contributed by atoms with Crippen molar-refractivity contribution in [3.05, 3.63) is 83.9 Å². The molecule has 0 spiro atoms. The number of aliphatic carboxylic acids is 1. The smallest absolute Gasteiger partial charge is 0.326 e. The summed E-state index contributed by atoms with van der Waals surface area (Å²) in [5.41, 5.74) is 11.7. The van der Waals surface area contributed by atoms with E-state index in [0.29, 0.717) is 11.6 Å². The Morgan fingerprint density at radius 2 is 1.14 bits per heavy atom. The van der Waals surface area contributed by atoms with Crippen LogP contribution < -0.4 is 48.7 Å². The number of rotatable bonds is 23. The van der Waals surface area contributed by atoms with Crippen molar-refractivity contribution >= 4 is 59.1 Å². The van der Waals surface area contributed by atoms with Gasteiger partial charge in [0.1, 0.15) is 30.2 Å². The van der Waals surface area contributed by atoms with E-state index in [2.05, 4.69) is 37.2 Å². The molecule has 59 heavy (non-hydrogen) atoms. The van der Waals surface area contributed by atoms with Crippen molar-refractivity contribution < 1.29 is 53.1 Å². The molecule has 0 heterocycles. The molecule has 0 bridgehead atoms. The van der Waals surface area contributed by atoms with E-state index in [9.17, 15) is 53.1 Å². The molecule has 2 aromatic carbocycles. The van der Waals surface area contributed by atoms with Crippen LogP contribution in [0.1, 0.15) is 51.3 Å². The van der Waals surface area contributed by atoms with Crippen LogP contribution in [0.4, 0.5) is 0 Å². The summed E-state index contributed by atoms with van der Waals surface area (Å²) in [7, 11) is 0. The number of amides is 9. The van der Waals surface area contributed by atoms with Crippen LogP contribution in [0.25, 0.3) is 0 Å². The molecule has 5 unspecified atom stereocenters. The molecule has 0 radical (unpaired) electrons. The van der Waals surface area contributed by atoms with E-state index in [0.717, 1.165) is 6.08 Å². The Bertz CT molecular complexity index is 1870. The average molecular weight is 822 g/mol. The van der Waals surface area contributed by atoms with Crippen molar-refractivity contribution in [2.75, 3.05) is 13.1 Å². The lowest BCUT2D eigenvalue weighted by Crippen LogP contribution is -2.58. The predicted molar refractivity (Wildman–Crippen MR) is 211 cm³/mol. The number of benzene rings is 2. The number of hydrogen-bond acceptors (Lipinski definition) is 10. The molecule has 0 aliphatic heterocycles. The summed E-state index contributed by atoms with van der Waals surface area (Å²) in [6, 6.07) is 9.82. The van der Waals surface area contributed by atoms with Gasteiger partial charge in [0.05, 0.1) is 19.5 Å². The van der Waals surface area contributed by atoms with Gasteiger partial charge >= 0.3 is 5.97 Å². The van der Waals surface area contributed by atoms with Gasteiger partial charge < -0.3 is 53.8 Å². The maximum absolute atomic E-state index is 13.7. The second-order valence-electron chi connectivity index (χ2n) is 13.9. The van der Waals surface area contributed by atoms with Crippen LogP contribution in [-0.4, -0.2) is 101 Å². The van der Waals surface area contributed by atoms with Crippen molar-refractivity contribution in [2.24, 2.45) is 23.3 Å². The van der Waals surface area contributed by atoms with Gasteiger partial charge in [0.25, 0.3) is 0 Å². The van der Waals surface area contributed by atoms with E-state index in [4.69, 9.17) is 11.5 Å². The van der Waals surface area contributed by atoms with Crippen LogP contribution in [0, 0.1) is 11.8 Å². The van der Waals surface area contributed by atoms with Gasteiger partial charge in [-0.15, -0.1) is 0 Å². The highest BCUT2D eigenvalue weighted by Gasteiger charge is 2.34. The Hall–Kier alpha value is -7.12. The minimum Gasteiger partial charge on any atom is -0.480 e. The third-order valence-electron chi connectivity index (χ3n) is 8.41. The molecule has 2 rings (SSSR count). The number of nitrogens with two attached hydrogens (primary N) is 2. The van der Waals surface area contributed by atoms with Gasteiger partial charge in [-0.05, 0) is 23.0 Å². The summed E-state index contributed by atoms with van der Waals surface area (Å²) in [5.74, 6) is -10.1. The van der Waals surface area contributed by atoms with Gasteiger partial charge in [0.15, 0.2) is 0 Å². The fourth-order valence-corrected chi connectivity index (χ4v) is 5.31. The van der Waals surface area contributed by atoms with Crippen molar-refractivity contribution in [2.45, 2.75) is 70.7 Å². The third kappa shape index (κ3) is 17.3. The fourth-order valence-electron chi connectivity index (χ4n) is 5.31. The summed E-state index contributed by atoms with van der Waals surface area (Å²) < 4.78 is 0. The summed E-state index contributed by atoms with van der Waals surface area (Å²) in [6.07, 6.45) is 0.695. The van der Waals surface area contributed by atoms with Crippen LogP contribution in [0.2, 0.25) is 0 Å². The number of primary amides is 2. The highest BCUT2D eigenvalue weighted by atomic mass is 16.4. The number of carboxylic acids is 1. The van der Waals surface area contributed by atoms with Gasteiger partial charge in [0, 0.05) is 18.6 Å². The Labute approximate surface area is 340 Å². The Kier molecular flexibility index (Phi) is 19.4. The number of nitrogens with one attached hydrogen (secondary N) is 7. The minimum absolute atomic E-state index is 0.00605. The summed E-state index contributed by atoms with van der Waals surface area (Å²) in [5, 5.41) is 26.0. The number of carboxylic acid groups (broad SMARTS) is 1. The second kappa shape index (κ2) is 23.8. The molecule has 0 saturated heterocycles. The van der Waals surface area contributed by atoms with Gasteiger partial charge in [0.2, 0.25) is 53.2 Å². The zero-order valence-corrected chi connectivity index (χ0v) is 33.0. The Morgan fingerprint density at radius 3 is 1.68 bits per heavy atom. The molecule has 0 fully saturated rings. The summed E-state index contributed by atoms with van der Waals surface area (Å²) in [4.78, 5) is 125. The van der Waals surface area contributed by atoms with Crippen LogP contribution in [0.15, 0.2) is 72.8 Å². The van der Waals surface area contributed by atoms with Gasteiger partial charge in [-0.2, -0.15) is 0 Å². The molecule has 318 valence electrons. The van der Waals surface area contributed by atoms with Gasteiger partial charge in [-0.25, -0.2) is 4.79 Å². The first-order valence-corrected chi connectivity index (χ1v) is 18.4. The summed E-state index contributed by atoms with van der Waals surface area (Å²) in [6.45, 7) is 5.41. The lowest BCUT2D eigenvalue weighted by molar-refractivity contribution is -0.141. The maximum Gasteiger partial charge on any atom is 0.326 e. The molecule has 9 amide bonds. The van der Waals surface area contributed by atoms with E-state index in [1.165, 1.54) is 12.1 Å². The highest BCUT2D eigenvalue weighted by Crippen LogP contribution is 2.16. The zero-order valence-electron chi connectivity index (χ0n) is 33.0. The quantitative estimate of drug-likeness (QED) is 0.0526. The molecule has 0 aliphatic rings. The largest absolute Gasteiger partial charge is 0.480 e.